The van der Waals surface area contributed by atoms with Crippen molar-refractivity contribution in [2.24, 2.45) is 0 Å². The molecule has 5 nitrogen and oxygen atoms in total. The molecule has 0 bridgehead atoms. The maximum atomic E-state index is 10.2. The number of aliphatic hydroxyl groups excluding tert-OH is 3. The number of carbonyl (C=O) groups excluding carboxylic acids is 1. The number of hydrogen-bond acceptors (Lipinski definition) is 5. The first-order chi connectivity index (χ1) is 11.6. The fourth-order valence-electron chi connectivity index (χ4n) is 2.34. The van der Waals surface area contributed by atoms with Crippen molar-refractivity contribution in [1.82, 2.24) is 0 Å². The molecule has 25 heavy (non-hydrogen) atoms. The van der Waals surface area contributed by atoms with Crippen LogP contribution in [0.3, 0.4) is 0 Å². The van der Waals surface area contributed by atoms with Gasteiger partial charge in [-0.3, -0.25) is 0 Å². The monoisotopic (exact) mass is 370 g/mol. The number of carbonyl (C=O) groups is 1. The third-order valence-electron chi connectivity index (χ3n) is 3.91. The molecule has 146 valence electrons. The van der Waals surface area contributed by atoms with E-state index in [1.54, 1.807) is 0 Å². The molecule has 3 N–H and O–H groups in total. The van der Waals surface area contributed by atoms with Gasteiger partial charge in [0.1, 0.15) is 6.10 Å². The molecule has 0 rings (SSSR count). The zero-order valence-electron chi connectivity index (χ0n) is 16.5. The Bertz CT molecular complexity index is 248. The Morgan fingerprint density at radius 2 is 1.08 bits per heavy atom. The van der Waals surface area contributed by atoms with Crippen LogP contribution in [0.1, 0.15) is 96.8 Å². The summed E-state index contributed by atoms with van der Waals surface area (Å²) in [5, 5.41) is 34.2. The first-order valence-corrected chi connectivity index (χ1v) is 9.68. The molecule has 6 heteroatoms. The molecule has 0 aromatic carbocycles. The van der Waals surface area contributed by atoms with Gasteiger partial charge in [-0.25, -0.2) is 0 Å². The van der Waals surface area contributed by atoms with Gasteiger partial charge in [0.15, 0.2) is 0 Å². The predicted molar refractivity (Wildman–Crippen MR) is 95.5 cm³/mol. The number of aliphatic carboxylic acids is 1. The van der Waals surface area contributed by atoms with Crippen LogP contribution in [0.2, 0.25) is 0 Å². The summed E-state index contributed by atoms with van der Waals surface area (Å²) < 4.78 is 0. The van der Waals surface area contributed by atoms with Crippen LogP contribution in [0.15, 0.2) is 0 Å². The van der Waals surface area contributed by atoms with E-state index < -0.39 is 12.1 Å². The predicted octanol–water partition coefficient (Wildman–Crippen LogP) is -0.446. The van der Waals surface area contributed by atoms with E-state index in [1.165, 1.54) is 70.6 Å². The van der Waals surface area contributed by atoms with E-state index in [0.29, 0.717) is 0 Å². The Morgan fingerprint density at radius 3 is 1.32 bits per heavy atom. The van der Waals surface area contributed by atoms with Crippen molar-refractivity contribution in [1.29, 1.82) is 0 Å². The SMILES string of the molecule is CCCCCCCCCCCCCCCC(=O)[O-].OCC(O)CO.[Na+]. The normalized spacial score (nSPS) is 10.1. The molecule has 0 unspecified atom stereocenters. The summed E-state index contributed by atoms with van der Waals surface area (Å²) in [6.07, 6.45) is 16.0. The van der Waals surface area contributed by atoms with E-state index in [4.69, 9.17) is 15.3 Å². The number of unbranched alkanes of at least 4 members (excludes halogenated alkanes) is 12. The van der Waals surface area contributed by atoms with Gasteiger partial charge in [-0.05, 0) is 12.8 Å². The third kappa shape index (κ3) is 32.5. The van der Waals surface area contributed by atoms with Gasteiger partial charge in [-0.1, -0.05) is 84.0 Å². The summed E-state index contributed by atoms with van der Waals surface area (Å²) in [7, 11) is 0. The maximum absolute atomic E-state index is 10.2. The van der Waals surface area contributed by atoms with Crippen molar-refractivity contribution in [3.8, 4) is 0 Å². The third-order valence-corrected chi connectivity index (χ3v) is 3.91. The van der Waals surface area contributed by atoms with Gasteiger partial charge in [-0.15, -0.1) is 0 Å². The minimum atomic E-state index is -0.954. The second-order valence-electron chi connectivity index (χ2n) is 6.38. The van der Waals surface area contributed by atoms with Gasteiger partial charge in [0, 0.05) is 5.97 Å². The standard InChI is InChI=1S/C16H32O2.C3H8O3.Na/c1-2-3-4-5-6-7-8-9-10-11-12-13-14-15-16(17)18;4-1-3(6)2-5;/h2-15H2,1H3,(H,17,18);3-6H,1-2H2;/q;;+1/p-1. The molecule has 0 heterocycles. The molecule has 0 aliphatic heterocycles. The minimum Gasteiger partial charge on any atom is -0.550 e. The summed E-state index contributed by atoms with van der Waals surface area (Å²) in [4.78, 5) is 10.2. The quantitative estimate of drug-likeness (QED) is 0.252. The molecule has 0 aromatic heterocycles. The first-order valence-electron chi connectivity index (χ1n) is 9.68. The van der Waals surface area contributed by atoms with Gasteiger partial charge >= 0.3 is 29.6 Å². The molecule has 0 atom stereocenters. The van der Waals surface area contributed by atoms with Gasteiger partial charge in [-0.2, -0.15) is 0 Å². The van der Waals surface area contributed by atoms with Crippen LogP contribution >= 0.6 is 0 Å². The molecular weight excluding hydrogens is 331 g/mol. The van der Waals surface area contributed by atoms with Gasteiger partial charge in [0.25, 0.3) is 0 Å². The van der Waals surface area contributed by atoms with Crippen LogP contribution in [0, 0.1) is 0 Å². The van der Waals surface area contributed by atoms with E-state index in [0.717, 1.165) is 12.8 Å². The zero-order valence-corrected chi connectivity index (χ0v) is 18.5. The number of carboxylic acids is 1. The summed E-state index contributed by atoms with van der Waals surface area (Å²) >= 11 is 0. The van der Waals surface area contributed by atoms with E-state index in [-0.39, 0.29) is 49.2 Å². The molecule has 0 aromatic rings. The second kappa shape index (κ2) is 26.6. The van der Waals surface area contributed by atoms with Crippen LogP contribution in [0.5, 0.6) is 0 Å². The number of rotatable bonds is 16. The number of hydrogen-bond donors (Lipinski definition) is 3. The minimum absolute atomic E-state index is 0. The van der Waals surface area contributed by atoms with Crippen molar-refractivity contribution in [3.63, 3.8) is 0 Å². The van der Waals surface area contributed by atoms with Crippen molar-refractivity contribution in [2.75, 3.05) is 13.2 Å². The number of carboxylic acid groups (broad SMARTS) is 1. The fourth-order valence-corrected chi connectivity index (χ4v) is 2.34. The van der Waals surface area contributed by atoms with E-state index >= 15 is 0 Å². The Hall–Kier alpha value is 0.350. The smallest absolute Gasteiger partial charge is 0.550 e. The van der Waals surface area contributed by atoms with Crippen LogP contribution in [-0.2, 0) is 4.79 Å². The van der Waals surface area contributed by atoms with Crippen molar-refractivity contribution >= 4 is 5.97 Å². The molecule has 0 fully saturated rings. The molecule has 0 saturated carbocycles. The Labute approximate surface area is 176 Å². The topological polar surface area (TPSA) is 101 Å². The summed E-state index contributed by atoms with van der Waals surface area (Å²) in [6, 6.07) is 0. The maximum Gasteiger partial charge on any atom is 1.00 e. The second-order valence-corrected chi connectivity index (χ2v) is 6.38. The number of aliphatic hydroxyl groups is 3. The first kappa shape index (κ1) is 30.1. The molecule has 0 radical (unpaired) electrons. The molecular formula is C19H39NaO5. The van der Waals surface area contributed by atoms with Crippen molar-refractivity contribution < 1.29 is 54.8 Å². The summed E-state index contributed by atoms with van der Waals surface area (Å²) in [5.74, 6) is -0.905. The fraction of sp³-hybridized carbons (Fsp3) is 0.947. The Balaban J connectivity index is -0.000000592. The molecule has 0 spiro atoms. The molecule has 0 saturated heterocycles. The Kier molecular flexibility index (Phi) is 32.0. The summed E-state index contributed by atoms with van der Waals surface area (Å²) in [6.45, 7) is 1.53. The average molecular weight is 371 g/mol. The molecule has 0 amide bonds. The average Bonchev–Trinajstić information content (AvgIpc) is 2.58. The van der Waals surface area contributed by atoms with Crippen molar-refractivity contribution in [2.45, 2.75) is 103 Å². The van der Waals surface area contributed by atoms with Gasteiger partial charge < -0.3 is 25.2 Å². The van der Waals surface area contributed by atoms with Crippen molar-refractivity contribution in [3.05, 3.63) is 0 Å². The van der Waals surface area contributed by atoms with Gasteiger partial charge in [0.2, 0.25) is 0 Å². The molecule has 0 aliphatic carbocycles. The largest absolute Gasteiger partial charge is 1.00 e. The van der Waals surface area contributed by atoms with E-state index in [9.17, 15) is 9.90 Å². The van der Waals surface area contributed by atoms with Gasteiger partial charge in [0.05, 0.1) is 13.2 Å². The Morgan fingerprint density at radius 1 is 0.760 bits per heavy atom. The zero-order chi connectivity index (χ0) is 18.5. The van der Waals surface area contributed by atoms with Crippen LogP contribution in [-0.4, -0.2) is 40.6 Å². The van der Waals surface area contributed by atoms with Crippen LogP contribution in [0.4, 0.5) is 0 Å². The van der Waals surface area contributed by atoms with E-state index in [2.05, 4.69) is 6.92 Å². The molecule has 0 aliphatic rings. The summed E-state index contributed by atoms with van der Waals surface area (Å²) in [5.41, 5.74) is 0. The van der Waals surface area contributed by atoms with Crippen LogP contribution < -0.4 is 34.7 Å². The van der Waals surface area contributed by atoms with Crippen LogP contribution in [0.25, 0.3) is 0 Å². The van der Waals surface area contributed by atoms with E-state index in [1.807, 2.05) is 0 Å².